The first-order valence-electron chi connectivity index (χ1n) is 7.06. The summed E-state index contributed by atoms with van der Waals surface area (Å²) < 4.78 is 4.75. The Balaban J connectivity index is 2.39. The average Bonchev–Trinajstić information content (AvgIpc) is 2.55. The summed E-state index contributed by atoms with van der Waals surface area (Å²) in [4.78, 5) is 24.2. The summed E-state index contributed by atoms with van der Waals surface area (Å²) in [7, 11) is 3.09. The van der Waals surface area contributed by atoms with Crippen LogP contribution in [0.5, 0.6) is 0 Å². The number of carbonyl (C=O) groups is 1. The molecule has 0 spiro atoms. The Bertz CT molecular complexity index is 743. The summed E-state index contributed by atoms with van der Waals surface area (Å²) in [5.41, 5.74) is 2.88. The maximum atomic E-state index is 12.0. The first kappa shape index (κ1) is 16.5. The van der Waals surface area contributed by atoms with Crippen molar-refractivity contribution in [1.29, 1.82) is 0 Å². The molecular weight excluding hydrogens is 296 g/mol. The topological polar surface area (TPSA) is 72.7 Å². The van der Waals surface area contributed by atoms with E-state index in [1.54, 1.807) is 6.07 Å². The second kappa shape index (κ2) is 6.91. The Morgan fingerprint density at radius 2 is 1.96 bits per heavy atom. The lowest BCUT2D eigenvalue weighted by atomic mass is 10.1. The van der Waals surface area contributed by atoms with E-state index >= 15 is 0 Å². The number of methoxy groups -OCH3 is 1. The van der Waals surface area contributed by atoms with E-state index in [2.05, 4.69) is 0 Å². The van der Waals surface area contributed by atoms with E-state index in [4.69, 9.17) is 4.74 Å². The van der Waals surface area contributed by atoms with Crippen LogP contribution in [-0.4, -0.2) is 25.1 Å². The van der Waals surface area contributed by atoms with E-state index in [1.165, 1.54) is 19.2 Å². The summed E-state index contributed by atoms with van der Waals surface area (Å²) in [6.07, 6.45) is 0. The van der Waals surface area contributed by atoms with Crippen LogP contribution in [0.2, 0.25) is 0 Å². The van der Waals surface area contributed by atoms with Gasteiger partial charge in [-0.05, 0) is 24.1 Å². The third-order valence-electron chi connectivity index (χ3n) is 3.68. The summed E-state index contributed by atoms with van der Waals surface area (Å²) in [6.45, 7) is 2.59. The lowest BCUT2D eigenvalue weighted by Gasteiger charge is -2.22. The van der Waals surface area contributed by atoms with Crippen LogP contribution >= 0.6 is 0 Å². The molecule has 0 fully saturated rings. The van der Waals surface area contributed by atoms with Gasteiger partial charge in [-0.15, -0.1) is 0 Å². The Kier molecular flexibility index (Phi) is 4.95. The van der Waals surface area contributed by atoms with E-state index in [0.29, 0.717) is 12.2 Å². The summed E-state index contributed by atoms with van der Waals surface area (Å²) >= 11 is 0. The molecule has 0 radical (unpaired) electrons. The number of nitro benzene ring substituents is 1. The lowest BCUT2D eigenvalue weighted by Crippen LogP contribution is -2.20. The summed E-state index contributed by atoms with van der Waals surface area (Å²) in [5.74, 6) is -0.597. The van der Waals surface area contributed by atoms with Gasteiger partial charge in [0.25, 0.3) is 5.69 Å². The van der Waals surface area contributed by atoms with Gasteiger partial charge in [-0.2, -0.15) is 0 Å². The average molecular weight is 314 g/mol. The second-order valence-electron chi connectivity index (χ2n) is 5.23. The van der Waals surface area contributed by atoms with Gasteiger partial charge >= 0.3 is 5.97 Å². The third-order valence-corrected chi connectivity index (χ3v) is 3.68. The molecule has 0 unspecified atom stereocenters. The van der Waals surface area contributed by atoms with E-state index in [1.807, 2.05) is 43.1 Å². The highest BCUT2D eigenvalue weighted by Gasteiger charge is 2.19. The molecule has 0 aliphatic rings. The zero-order valence-electron chi connectivity index (χ0n) is 13.3. The largest absolute Gasteiger partial charge is 0.465 e. The van der Waals surface area contributed by atoms with Crippen LogP contribution < -0.4 is 4.90 Å². The number of esters is 1. The number of non-ortho nitro benzene ring substituents is 1. The predicted octanol–water partition coefficient (Wildman–Crippen LogP) is 3.33. The fraction of sp³-hybridized carbons (Fsp3) is 0.235. The number of rotatable bonds is 5. The van der Waals surface area contributed by atoms with Crippen LogP contribution in [0.1, 0.15) is 21.5 Å². The molecule has 6 heteroatoms. The standard InChI is InChI=1S/C17H18N2O4/c1-12-6-4-5-7-13(12)11-18(2)16-9-8-14(19(21)22)10-15(16)17(20)23-3/h4-10H,11H2,1-3H3. The molecule has 0 aromatic heterocycles. The van der Waals surface area contributed by atoms with E-state index < -0.39 is 10.9 Å². The third kappa shape index (κ3) is 3.66. The zero-order chi connectivity index (χ0) is 17.0. The highest BCUT2D eigenvalue weighted by atomic mass is 16.6. The normalized spacial score (nSPS) is 10.2. The second-order valence-corrected chi connectivity index (χ2v) is 5.23. The van der Waals surface area contributed by atoms with Gasteiger partial charge in [0.15, 0.2) is 0 Å². The first-order valence-corrected chi connectivity index (χ1v) is 7.06. The number of hydrogen-bond acceptors (Lipinski definition) is 5. The van der Waals surface area contributed by atoms with Crippen molar-refractivity contribution >= 4 is 17.3 Å². The molecule has 2 aromatic carbocycles. The number of anilines is 1. The first-order chi connectivity index (χ1) is 10.9. The maximum Gasteiger partial charge on any atom is 0.340 e. The van der Waals surface area contributed by atoms with Crippen LogP contribution in [-0.2, 0) is 11.3 Å². The van der Waals surface area contributed by atoms with Crippen molar-refractivity contribution in [1.82, 2.24) is 0 Å². The van der Waals surface area contributed by atoms with Crippen molar-refractivity contribution in [2.45, 2.75) is 13.5 Å². The van der Waals surface area contributed by atoms with Crippen molar-refractivity contribution in [3.8, 4) is 0 Å². The Labute approximate surface area is 134 Å². The van der Waals surface area contributed by atoms with Crippen LogP contribution in [0.3, 0.4) is 0 Å². The molecule has 0 N–H and O–H groups in total. The van der Waals surface area contributed by atoms with Gasteiger partial charge in [0, 0.05) is 25.7 Å². The minimum Gasteiger partial charge on any atom is -0.465 e. The van der Waals surface area contributed by atoms with Crippen molar-refractivity contribution in [3.05, 3.63) is 69.3 Å². The van der Waals surface area contributed by atoms with Gasteiger partial charge in [0.2, 0.25) is 0 Å². The van der Waals surface area contributed by atoms with Crippen LogP contribution in [0.15, 0.2) is 42.5 Å². The van der Waals surface area contributed by atoms with Gasteiger partial charge in [-0.25, -0.2) is 4.79 Å². The maximum absolute atomic E-state index is 12.0. The monoisotopic (exact) mass is 314 g/mol. The zero-order valence-corrected chi connectivity index (χ0v) is 13.3. The van der Waals surface area contributed by atoms with Gasteiger partial charge in [0.1, 0.15) is 0 Å². The number of benzene rings is 2. The quantitative estimate of drug-likeness (QED) is 0.481. The number of aryl methyl sites for hydroxylation is 1. The Morgan fingerprint density at radius 3 is 2.57 bits per heavy atom. The van der Waals surface area contributed by atoms with Gasteiger partial charge in [-0.3, -0.25) is 10.1 Å². The highest BCUT2D eigenvalue weighted by molar-refractivity contribution is 5.96. The van der Waals surface area contributed by atoms with Crippen LogP contribution in [0.4, 0.5) is 11.4 Å². The molecule has 0 saturated carbocycles. The fourth-order valence-corrected chi connectivity index (χ4v) is 2.37. The lowest BCUT2D eigenvalue weighted by molar-refractivity contribution is -0.384. The molecular formula is C17H18N2O4. The van der Waals surface area contributed by atoms with Crippen molar-refractivity contribution in [2.24, 2.45) is 0 Å². The molecule has 0 heterocycles. The smallest absolute Gasteiger partial charge is 0.340 e. The minimum absolute atomic E-state index is 0.140. The van der Waals surface area contributed by atoms with Gasteiger partial charge in [-0.1, -0.05) is 24.3 Å². The number of ether oxygens (including phenoxy) is 1. The molecule has 2 aromatic rings. The van der Waals surface area contributed by atoms with E-state index in [-0.39, 0.29) is 11.3 Å². The van der Waals surface area contributed by atoms with Crippen molar-refractivity contribution in [3.63, 3.8) is 0 Å². The molecule has 0 bridgehead atoms. The number of carbonyl (C=O) groups excluding carboxylic acids is 1. The summed E-state index contributed by atoms with van der Waals surface area (Å²) in [6, 6.07) is 12.1. The van der Waals surface area contributed by atoms with E-state index in [9.17, 15) is 14.9 Å². The molecule has 0 saturated heterocycles. The molecule has 0 amide bonds. The van der Waals surface area contributed by atoms with E-state index in [0.717, 1.165) is 11.1 Å². The number of hydrogen-bond donors (Lipinski definition) is 0. The molecule has 0 aliphatic carbocycles. The van der Waals surface area contributed by atoms with Crippen molar-refractivity contribution in [2.75, 3.05) is 19.1 Å². The molecule has 0 aliphatic heterocycles. The SMILES string of the molecule is COC(=O)c1cc([N+](=O)[O-])ccc1N(C)Cc1ccccc1C. The number of nitrogens with zero attached hydrogens (tertiary/aromatic N) is 2. The van der Waals surface area contributed by atoms with Gasteiger partial charge < -0.3 is 9.64 Å². The van der Waals surface area contributed by atoms with Crippen LogP contribution in [0, 0.1) is 17.0 Å². The highest BCUT2D eigenvalue weighted by Crippen LogP contribution is 2.27. The molecule has 23 heavy (non-hydrogen) atoms. The molecule has 120 valence electrons. The van der Waals surface area contributed by atoms with Crippen LogP contribution in [0.25, 0.3) is 0 Å². The fourth-order valence-electron chi connectivity index (χ4n) is 2.37. The predicted molar refractivity (Wildman–Crippen MR) is 87.7 cm³/mol. The number of nitro groups is 1. The summed E-state index contributed by atoms with van der Waals surface area (Å²) in [5, 5.41) is 10.9. The Hall–Kier alpha value is -2.89. The Morgan fingerprint density at radius 1 is 1.26 bits per heavy atom. The van der Waals surface area contributed by atoms with Crippen molar-refractivity contribution < 1.29 is 14.5 Å². The minimum atomic E-state index is -0.597. The molecule has 0 atom stereocenters. The molecule has 6 nitrogen and oxygen atoms in total. The molecule has 2 rings (SSSR count). The van der Waals surface area contributed by atoms with Gasteiger partial charge in [0.05, 0.1) is 23.3 Å².